The second-order valence-corrected chi connectivity index (χ2v) is 12.6. The molecule has 3 aliphatic heterocycles. The van der Waals surface area contributed by atoms with Gasteiger partial charge in [-0.2, -0.15) is 5.10 Å². The lowest BCUT2D eigenvalue weighted by molar-refractivity contribution is -0.102. The van der Waals surface area contributed by atoms with E-state index in [4.69, 9.17) is 9.47 Å². The first kappa shape index (κ1) is 26.0. The second-order valence-electron chi connectivity index (χ2n) is 12.6. The van der Waals surface area contributed by atoms with Crippen molar-refractivity contribution in [1.29, 1.82) is 0 Å². The zero-order chi connectivity index (χ0) is 28.0. The highest BCUT2D eigenvalue weighted by Gasteiger charge is 2.46. The van der Waals surface area contributed by atoms with Gasteiger partial charge in [-0.1, -0.05) is 36.8 Å². The summed E-state index contributed by atoms with van der Waals surface area (Å²) in [5, 5.41) is 12.1. The highest BCUT2D eigenvalue weighted by molar-refractivity contribution is 6.01. The van der Waals surface area contributed by atoms with Crippen LogP contribution >= 0.6 is 0 Å². The van der Waals surface area contributed by atoms with Gasteiger partial charge >= 0.3 is 0 Å². The van der Waals surface area contributed by atoms with Gasteiger partial charge in [-0.3, -0.25) is 14.8 Å². The summed E-state index contributed by atoms with van der Waals surface area (Å²) in [5.74, 6) is 1.36. The number of aromatic nitrogens is 2. The van der Waals surface area contributed by atoms with Gasteiger partial charge in [0.2, 0.25) is 0 Å². The lowest BCUT2D eigenvalue weighted by Gasteiger charge is -2.46. The third-order valence-electron chi connectivity index (χ3n) is 10.1. The third-order valence-corrected chi connectivity index (χ3v) is 10.1. The molecule has 1 unspecified atom stereocenters. The summed E-state index contributed by atoms with van der Waals surface area (Å²) in [6.07, 6.45) is 8.54. The molecule has 2 N–H and O–H groups in total. The first-order valence-corrected chi connectivity index (χ1v) is 15.7. The van der Waals surface area contributed by atoms with Crippen molar-refractivity contribution in [3.05, 3.63) is 83.9 Å². The Morgan fingerprint density at radius 1 is 0.929 bits per heavy atom. The lowest BCUT2D eigenvalue weighted by atomic mass is 9.77. The first-order valence-electron chi connectivity index (χ1n) is 15.7. The molecule has 4 heterocycles. The molecule has 4 atom stereocenters. The highest BCUT2D eigenvalue weighted by Crippen LogP contribution is 2.41. The summed E-state index contributed by atoms with van der Waals surface area (Å²) in [6, 6.07) is 26.3. The van der Waals surface area contributed by atoms with Gasteiger partial charge < -0.3 is 14.8 Å². The van der Waals surface area contributed by atoms with Crippen LogP contribution in [0.4, 0.5) is 0 Å². The molecule has 216 valence electrons. The van der Waals surface area contributed by atoms with Crippen molar-refractivity contribution in [2.75, 3.05) is 13.2 Å². The number of hydrogen-bond donors (Lipinski definition) is 2. The zero-order valence-corrected chi connectivity index (χ0v) is 23.9. The number of aromatic amines is 1. The Hall–Kier alpha value is -3.68. The van der Waals surface area contributed by atoms with Crippen LogP contribution in [0.25, 0.3) is 22.2 Å². The first-order chi connectivity index (χ1) is 20.7. The number of piperidine rings is 1. The number of amides is 1. The van der Waals surface area contributed by atoms with Crippen LogP contribution in [0.5, 0.6) is 5.75 Å². The summed E-state index contributed by atoms with van der Waals surface area (Å²) in [5.41, 5.74) is 4.59. The van der Waals surface area contributed by atoms with Gasteiger partial charge in [-0.25, -0.2) is 0 Å². The van der Waals surface area contributed by atoms with E-state index in [9.17, 15) is 4.79 Å². The molecule has 8 rings (SSSR count). The maximum Gasteiger partial charge on any atom is 0.251 e. The van der Waals surface area contributed by atoms with E-state index >= 15 is 0 Å². The fourth-order valence-electron chi connectivity index (χ4n) is 7.64. The normalized spacial score (nSPS) is 25.1. The van der Waals surface area contributed by atoms with E-state index in [0.717, 1.165) is 66.8 Å². The maximum atomic E-state index is 13.5. The summed E-state index contributed by atoms with van der Waals surface area (Å²) in [7, 11) is 0. The average molecular weight is 563 g/mol. The number of carbonyl (C=O) groups excluding carboxylic acids is 1. The Bertz CT molecular complexity index is 1550. The lowest BCUT2D eigenvalue weighted by Crippen LogP contribution is -2.57. The van der Waals surface area contributed by atoms with Gasteiger partial charge in [0.05, 0.1) is 36.5 Å². The minimum Gasteiger partial charge on any atom is -0.490 e. The van der Waals surface area contributed by atoms with Gasteiger partial charge in [0.25, 0.3) is 5.91 Å². The van der Waals surface area contributed by atoms with Crippen molar-refractivity contribution in [2.45, 2.75) is 75.2 Å². The predicted molar refractivity (Wildman–Crippen MR) is 162 cm³/mol. The van der Waals surface area contributed by atoms with E-state index < -0.39 is 0 Å². The molecule has 3 saturated heterocycles. The molecule has 7 nitrogen and oxygen atoms in total. The Kier molecular flexibility index (Phi) is 6.72. The topological polar surface area (TPSA) is 79.5 Å². The Morgan fingerprint density at radius 2 is 1.69 bits per heavy atom. The van der Waals surface area contributed by atoms with E-state index in [-0.39, 0.29) is 18.1 Å². The number of fused-ring (bicyclic) bond motifs is 3. The van der Waals surface area contributed by atoms with Gasteiger partial charge in [0, 0.05) is 28.6 Å². The van der Waals surface area contributed by atoms with Crippen molar-refractivity contribution in [1.82, 2.24) is 20.4 Å². The van der Waals surface area contributed by atoms with Crippen LogP contribution in [0, 0.1) is 5.92 Å². The van der Waals surface area contributed by atoms with Gasteiger partial charge in [0.1, 0.15) is 11.9 Å². The van der Waals surface area contributed by atoms with Crippen molar-refractivity contribution < 1.29 is 14.3 Å². The molecule has 1 aliphatic carbocycles. The van der Waals surface area contributed by atoms with Crippen molar-refractivity contribution >= 4 is 16.8 Å². The molecule has 4 aliphatic rings. The van der Waals surface area contributed by atoms with Crippen LogP contribution in [0.15, 0.2) is 72.8 Å². The summed E-state index contributed by atoms with van der Waals surface area (Å²) in [6.45, 7) is 1.78. The van der Waals surface area contributed by atoms with Crippen molar-refractivity contribution in [3.8, 4) is 17.0 Å². The molecular formula is C35H38N4O3. The SMILES string of the molecule is O=C(NC(c1ccccc1)C1CCC1)c1ccc2[nH]nc(-c3ccc(O[C@@H]4C[C@H]5CC[C@@H](C4)N5C4COC4)cc3)c2c1. The van der Waals surface area contributed by atoms with E-state index in [1.54, 1.807) is 0 Å². The van der Waals surface area contributed by atoms with E-state index in [1.807, 2.05) is 36.4 Å². The summed E-state index contributed by atoms with van der Waals surface area (Å²) < 4.78 is 12.0. The third kappa shape index (κ3) is 4.78. The molecule has 7 heteroatoms. The molecule has 1 aromatic heterocycles. The minimum absolute atomic E-state index is 0.0363. The molecule has 4 aromatic rings. The number of carbonyl (C=O) groups is 1. The molecule has 1 saturated carbocycles. The molecule has 42 heavy (non-hydrogen) atoms. The average Bonchev–Trinajstić information content (AvgIpc) is 3.49. The number of hydrogen-bond acceptors (Lipinski definition) is 5. The van der Waals surface area contributed by atoms with Crippen molar-refractivity contribution in [3.63, 3.8) is 0 Å². The fraction of sp³-hybridized carbons (Fsp3) is 0.429. The van der Waals surface area contributed by atoms with Gasteiger partial charge in [-0.15, -0.1) is 0 Å². The quantitative estimate of drug-likeness (QED) is 0.265. The van der Waals surface area contributed by atoms with Crippen LogP contribution < -0.4 is 10.1 Å². The Morgan fingerprint density at radius 3 is 2.36 bits per heavy atom. The minimum atomic E-state index is -0.0431. The standard InChI is InChI=1S/C35H38N4O3/c40-35(36-33(23-7-4-8-23)22-5-2-1-3-6-22)25-11-16-32-31(17-25)34(38-37-32)24-9-14-29(15-10-24)42-30-18-26-12-13-27(19-30)39(26)28-20-41-21-28/h1-3,5-6,9-11,14-17,23,26-28,30,33H,4,7-8,12-13,18-21H2,(H,36,40)(H,37,38)/t26-,27+,30-,33?. The van der Waals surface area contributed by atoms with Crippen LogP contribution in [0.1, 0.15) is 66.9 Å². The second kappa shape index (κ2) is 10.9. The number of nitrogens with zero attached hydrogens (tertiary/aromatic N) is 2. The zero-order valence-electron chi connectivity index (χ0n) is 23.9. The smallest absolute Gasteiger partial charge is 0.251 e. The Labute approximate surface area is 246 Å². The van der Waals surface area contributed by atoms with Crippen molar-refractivity contribution in [2.24, 2.45) is 5.92 Å². The van der Waals surface area contributed by atoms with E-state index in [2.05, 4.69) is 56.8 Å². The molecule has 2 bridgehead atoms. The molecular weight excluding hydrogens is 524 g/mol. The number of H-pyrrole nitrogens is 1. The van der Waals surface area contributed by atoms with Crippen LogP contribution in [0.3, 0.4) is 0 Å². The van der Waals surface area contributed by atoms with Crippen LogP contribution in [-0.4, -0.2) is 58.4 Å². The molecule has 0 spiro atoms. The molecule has 1 amide bonds. The summed E-state index contributed by atoms with van der Waals surface area (Å²) in [4.78, 5) is 16.2. The fourth-order valence-corrected chi connectivity index (χ4v) is 7.64. The summed E-state index contributed by atoms with van der Waals surface area (Å²) >= 11 is 0. The van der Waals surface area contributed by atoms with Gasteiger partial charge in [-0.05, 0) is 92.5 Å². The molecule has 4 fully saturated rings. The molecule has 0 radical (unpaired) electrons. The predicted octanol–water partition coefficient (Wildman–Crippen LogP) is 6.27. The number of rotatable bonds is 8. The number of benzene rings is 3. The monoisotopic (exact) mass is 562 g/mol. The van der Waals surface area contributed by atoms with E-state index in [0.29, 0.717) is 29.6 Å². The highest BCUT2D eigenvalue weighted by atomic mass is 16.5. The number of nitrogens with one attached hydrogen (secondary N) is 2. The van der Waals surface area contributed by atoms with E-state index in [1.165, 1.54) is 24.8 Å². The van der Waals surface area contributed by atoms with Gasteiger partial charge in [0.15, 0.2) is 0 Å². The molecule has 3 aromatic carbocycles. The maximum absolute atomic E-state index is 13.5. The Balaban J connectivity index is 0.971. The largest absolute Gasteiger partial charge is 0.490 e. The number of ether oxygens (including phenoxy) is 2. The van der Waals surface area contributed by atoms with Crippen LogP contribution in [0.2, 0.25) is 0 Å². The van der Waals surface area contributed by atoms with Crippen LogP contribution in [-0.2, 0) is 4.74 Å².